The van der Waals surface area contributed by atoms with E-state index in [1.165, 1.54) is 36.9 Å². The van der Waals surface area contributed by atoms with Gasteiger partial charge in [0.1, 0.15) is 0 Å². The Hall–Kier alpha value is -0.870. The molecule has 1 unspecified atom stereocenters. The van der Waals surface area contributed by atoms with E-state index >= 15 is 0 Å². The van der Waals surface area contributed by atoms with Gasteiger partial charge in [-0.05, 0) is 39.5 Å². The molecule has 0 aromatic carbocycles. The molecular formula is C14H25N3O. The van der Waals surface area contributed by atoms with Gasteiger partial charge in [0.2, 0.25) is 0 Å². The van der Waals surface area contributed by atoms with E-state index in [9.17, 15) is 0 Å². The third-order valence-corrected chi connectivity index (χ3v) is 4.23. The SMILES string of the molecule is COC1CCC(NC(C)c2cnn(C)c2C)CC1. The zero-order chi connectivity index (χ0) is 13.1. The van der Waals surface area contributed by atoms with Crippen LogP contribution in [0, 0.1) is 6.92 Å². The van der Waals surface area contributed by atoms with E-state index in [4.69, 9.17) is 4.74 Å². The summed E-state index contributed by atoms with van der Waals surface area (Å²) in [5.74, 6) is 0. The maximum absolute atomic E-state index is 5.41. The number of methoxy groups -OCH3 is 1. The van der Waals surface area contributed by atoms with Gasteiger partial charge >= 0.3 is 0 Å². The number of aryl methyl sites for hydroxylation is 1. The van der Waals surface area contributed by atoms with E-state index in [0.717, 1.165) is 0 Å². The Kier molecular flexibility index (Phi) is 4.40. The summed E-state index contributed by atoms with van der Waals surface area (Å²) in [6.07, 6.45) is 7.22. The molecule has 2 rings (SSSR count). The standard InChI is InChI=1S/C14H25N3O/c1-10(14-9-15-17(3)11(14)2)16-12-5-7-13(18-4)8-6-12/h9-10,12-13,16H,5-8H2,1-4H3. The first kappa shape index (κ1) is 13.6. The van der Waals surface area contributed by atoms with E-state index in [-0.39, 0.29) is 0 Å². The molecule has 1 N–H and O–H groups in total. The van der Waals surface area contributed by atoms with Crippen LogP contribution in [-0.2, 0) is 11.8 Å². The van der Waals surface area contributed by atoms with E-state index in [1.807, 2.05) is 25.0 Å². The van der Waals surface area contributed by atoms with Crippen LogP contribution in [0.5, 0.6) is 0 Å². The smallest absolute Gasteiger partial charge is 0.0572 e. The summed E-state index contributed by atoms with van der Waals surface area (Å²) >= 11 is 0. The van der Waals surface area contributed by atoms with Gasteiger partial charge in [0.25, 0.3) is 0 Å². The van der Waals surface area contributed by atoms with Crippen LogP contribution in [0.15, 0.2) is 6.20 Å². The van der Waals surface area contributed by atoms with Crippen LogP contribution in [-0.4, -0.2) is 29.0 Å². The monoisotopic (exact) mass is 251 g/mol. The van der Waals surface area contributed by atoms with E-state index in [0.29, 0.717) is 18.2 Å². The van der Waals surface area contributed by atoms with Gasteiger partial charge in [-0.1, -0.05) is 0 Å². The molecule has 0 bridgehead atoms. The van der Waals surface area contributed by atoms with Crippen molar-refractivity contribution < 1.29 is 4.74 Å². The van der Waals surface area contributed by atoms with Crippen molar-refractivity contribution in [3.8, 4) is 0 Å². The lowest BCUT2D eigenvalue weighted by molar-refractivity contribution is 0.0614. The van der Waals surface area contributed by atoms with Crippen LogP contribution in [0.3, 0.4) is 0 Å². The van der Waals surface area contributed by atoms with Crippen molar-refractivity contribution in [1.29, 1.82) is 0 Å². The summed E-state index contributed by atoms with van der Waals surface area (Å²) in [6.45, 7) is 4.36. The summed E-state index contributed by atoms with van der Waals surface area (Å²) in [5.41, 5.74) is 2.56. The molecule has 0 saturated heterocycles. The second kappa shape index (κ2) is 5.85. The highest BCUT2D eigenvalue weighted by molar-refractivity contribution is 5.19. The summed E-state index contributed by atoms with van der Waals surface area (Å²) in [4.78, 5) is 0. The third kappa shape index (κ3) is 2.93. The van der Waals surface area contributed by atoms with Gasteiger partial charge in [-0.25, -0.2) is 0 Å². The topological polar surface area (TPSA) is 39.1 Å². The molecule has 0 spiro atoms. The second-order valence-electron chi connectivity index (χ2n) is 5.41. The molecular weight excluding hydrogens is 226 g/mol. The highest BCUT2D eigenvalue weighted by Crippen LogP contribution is 2.24. The summed E-state index contributed by atoms with van der Waals surface area (Å²) < 4.78 is 7.35. The van der Waals surface area contributed by atoms with Crippen molar-refractivity contribution in [1.82, 2.24) is 15.1 Å². The summed E-state index contributed by atoms with van der Waals surface area (Å²) in [7, 11) is 3.81. The Morgan fingerprint density at radius 3 is 2.56 bits per heavy atom. The van der Waals surface area contributed by atoms with Gasteiger partial charge in [-0.2, -0.15) is 5.10 Å². The first-order valence-electron chi connectivity index (χ1n) is 6.89. The Bertz CT molecular complexity index is 380. The molecule has 1 fully saturated rings. The lowest BCUT2D eigenvalue weighted by Gasteiger charge is -2.30. The molecule has 0 amide bonds. The van der Waals surface area contributed by atoms with Crippen LogP contribution < -0.4 is 5.32 Å². The van der Waals surface area contributed by atoms with E-state index in [1.54, 1.807) is 0 Å². The van der Waals surface area contributed by atoms with E-state index < -0.39 is 0 Å². The zero-order valence-corrected chi connectivity index (χ0v) is 11.9. The molecule has 4 heteroatoms. The molecule has 18 heavy (non-hydrogen) atoms. The quantitative estimate of drug-likeness (QED) is 0.892. The van der Waals surface area contributed by atoms with Gasteiger partial charge in [-0.3, -0.25) is 4.68 Å². The second-order valence-corrected chi connectivity index (χ2v) is 5.41. The maximum Gasteiger partial charge on any atom is 0.0572 e. The predicted octanol–water partition coefficient (Wildman–Crippen LogP) is 2.34. The maximum atomic E-state index is 5.41. The van der Waals surface area contributed by atoms with Crippen LogP contribution in [0.25, 0.3) is 0 Å². The first-order chi connectivity index (χ1) is 8.61. The van der Waals surface area contributed by atoms with Crippen molar-refractivity contribution in [2.24, 2.45) is 7.05 Å². The lowest BCUT2D eigenvalue weighted by atomic mass is 9.92. The van der Waals surface area contributed by atoms with Gasteiger partial charge in [0.15, 0.2) is 0 Å². The molecule has 1 aromatic heterocycles. The molecule has 1 aliphatic rings. The van der Waals surface area contributed by atoms with E-state index in [2.05, 4.69) is 24.3 Å². The molecule has 1 aliphatic carbocycles. The van der Waals surface area contributed by atoms with Crippen molar-refractivity contribution in [2.45, 2.75) is 57.7 Å². The van der Waals surface area contributed by atoms with Crippen LogP contribution in [0.2, 0.25) is 0 Å². The molecule has 1 aromatic rings. The molecule has 1 atom stereocenters. The van der Waals surface area contributed by atoms with Crippen LogP contribution in [0.4, 0.5) is 0 Å². The molecule has 1 saturated carbocycles. The highest BCUT2D eigenvalue weighted by atomic mass is 16.5. The molecule has 4 nitrogen and oxygen atoms in total. The van der Waals surface area contributed by atoms with Gasteiger partial charge in [0.05, 0.1) is 12.3 Å². The fourth-order valence-electron chi connectivity index (χ4n) is 2.85. The summed E-state index contributed by atoms with van der Waals surface area (Å²) in [5, 5.41) is 8.04. The number of hydrogen-bond acceptors (Lipinski definition) is 3. The molecule has 102 valence electrons. The van der Waals surface area contributed by atoms with Crippen molar-refractivity contribution in [3.63, 3.8) is 0 Å². The number of aromatic nitrogens is 2. The normalized spacial score (nSPS) is 26.2. The number of rotatable bonds is 4. The van der Waals surface area contributed by atoms with Crippen molar-refractivity contribution in [3.05, 3.63) is 17.5 Å². The lowest BCUT2D eigenvalue weighted by Crippen LogP contribution is -2.36. The number of ether oxygens (including phenoxy) is 1. The number of nitrogens with one attached hydrogen (secondary N) is 1. The van der Waals surface area contributed by atoms with Crippen molar-refractivity contribution in [2.75, 3.05) is 7.11 Å². The van der Waals surface area contributed by atoms with Crippen LogP contribution >= 0.6 is 0 Å². The van der Waals surface area contributed by atoms with Gasteiger partial charge in [-0.15, -0.1) is 0 Å². The fraction of sp³-hybridized carbons (Fsp3) is 0.786. The Labute approximate surface area is 110 Å². The molecule has 0 radical (unpaired) electrons. The van der Waals surface area contributed by atoms with Crippen molar-refractivity contribution >= 4 is 0 Å². The minimum atomic E-state index is 0.378. The average Bonchev–Trinajstić information content (AvgIpc) is 2.71. The Balaban J connectivity index is 1.88. The fourth-order valence-corrected chi connectivity index (χ4v) is 2.85. The number of hydrogen-bond donors (Lipinski definition) is 1. The molecule has 1 heterocycles. The predicted molar refractivity (Wildman–Crippen MR) is 72.5 cm³/mol. The van der Waals surface area contributed by atoms with Gasteiger partial charge < -0.3 is 10.1 Å². The summed E-state index contributed by atoms with van der Waals surface area (Å²) in [6, 6.07) is 0.994. The first-order valence-corrected chi connectivity index (χ1v) is 6.89. The van der Waals surface area contributed by atoms with Gasteiger partial charge in [0, 0.05) is 37.5 Å². The molecule has 0 aliphatic heterocycles. The zero-order valence-electron chi connectivity index (χ0n) is 11.9. The largest absolute Gasteiger partial charge is 0.381 e. The highest BCUT2D eigenvalue weighted by Gasteiger charge is 2.23. The Morgan fingerprint density at radius 2 is 2.06 bits per heavy atom. The average molecular weight is 251 g/mol. The Morgan fingerprint density at radius 1 is 1.39 bits per heavy atom. The number of nitrogens with zero attached hydrogens (tertiary/aromatic N) is 2. The minimum absolute atomic E-state index is 0.378. The van der Waals surface area contributed by atoms with Crippen LogP contribution in [0.1, 0.15) is 49.9 Å². The third-order valence-electron chi connectivity index (χ3n) is 4.23. The minimum Gasteiger partial charge on any atom is -0.381 e.